The Morgan fingerprint density at radius 1 is 1.36 bits per heavy atom. The van der Waals surface area contributed by atoms with Gasteiger partial charge in [0, 0.05) is 11.8 Å². The van der Waals surface area contributed by atoms with E-state index in [1.165, 1.54) is 11.3 Å². The second-order valence-corrected chi connectivity index (χ2v) is 6.23. The molecule has 3 aromatic rings. The van der Waals surface area contributed by atoms with Gasteiger partial charge in [0.1, 0.15) is 11.4 Å². The molecule has 7 nitrogen and oxygen atoms in total. The minimum Gasteiger partial charge on any atom is -0.342 e. The number of carbonyl (C=O) groups is 1. The summed E-state index contributed by atoms with van der Waals surface area (Å²) in [6.07, 6.45) is 2.49. The molecule has 0 aliphatic rings. The summed E-state index contributed by atoms with van der Waals surface area (Å²) in [7, 11) is 0. The standard InChI is InChI=1S/C16H18N6OS.ClH/c1-11(18-16(23)14-10-24-15(19-14)7-8-17)13-9-22(21-20-13)12-5-3-2-4-6-12;/h2-6,9-11H,7-8,17H2,1H3,(H,18,23);1H. The van der Waals surface area contributed by atoms with Crippen LogP contribution < -0.4 is 11.1 Å². The van der Waals surface area contributed by atoms with Crippen LogP contribution in [0.1, 0.15) is 34.2 Å². The summed E-state index contributed by atoms with van der Waals surface area (Å²) in [4.78, 5) is 16.6. The predicted molar refractivity (Wildman–Crippen MR) is 99.4 cm³/mol. The maximum atomic E-state index is 12.3. The van der Waals surface area contributed by atoms with Crippen molar-refractivity contribution in [2.24, 2.45) is 5.73 Å². The summed E-state index contributed by atoms with van der Waals surface area (Å²) in [5, 5.41) is 13.7. The number of benzene rings is 1. The lowest BCUT2D eigenvalue weighted by Gasteiger charge is -2.09. The SMILES string of the molecule is CC(NC(=O)c1csc(CCN)n1)c1cn(-c2ccccc2)nn1.Cl. The molecule has 0 aliphatic heterocycles. The molecular formula is C16H19ClN6OS. The van der Waals surface area contributed by atoms with E-state index in [1.54, 1.807) is 16.3 Å². The van der Waals surface area contributed by atoms with Crippen LogP contribution in [0.3, 0.4) is 0 Å². The summed E-state index contributed by atoms with van der Waals surface area (Å²) in [5.74, 6) is -0.226. The number of hydrogen-bond acceptors (Lipinski definition) is 6. The van der Waals surface area contributed by atoms with Crippen LogP contribution >= 0.6 is 23.7 Å². The third-order valence-electron chi connectivity index (χ3n) is 3.47. The number of aromatic nitrogens is 4. The van der Waals surface area contributed by atoms with E-state index in [4.69, 9.17) is 5.73 Å². The molecule has 0 spiro atoms. The van der Waals surface area contributed by atoms with Crippen LogP contribution in [-0.2, 0) is 6.42 Å². The molecule has 0 fully saturated rings. The minimum absolute atomic E-state index is 0. The summed E-state index contributed by atoms with van der Waals surface area (Å²) in [5.41, 5.74) is 7.51. The highest BCUT2D eigenvalue weighted by molar-refractivity contribution is 7.09. The number of nitrogens with one attached hydrogen (secondary N) is 1. The average Bonchev–Trinajstić information content (AvgIpc) is 3.25. The number of halogens is 1. The summed E-state index contributed by atoms with van der Waals surface area (Å²) in [6, 6.07) is 9.42. The molecule has 132 valence electrons. The molecule has 3 N–H and O–H groups in total. The Balaban J connectivity index is 0.00000225. The molecule has 0 aliphatic carbocycles. The molecule has 25 heavy (non-hydrogen) atoms. The van der Waals surface area contributed by atoms with Gasteiger partial charge in [-0.3, -0.25) is 4.79 Å². The smallest absolute Gasteiger partial charge is 0.271 e. The maximum Gasteiger partial charge on any atom is 0.271 e. The second kappa shape index (κ2) is 8.70. The van der Waals surface area contributed by atoms with Gasteiger partial charge in [0.15, 0.2) is 0 Å². The zero-order chi connectivity index (χ0) is 16.9. The predicted octanol–water partition coefficient (Wildman–Crippen LogP) is 2.14. The highest BCUT2D eigenvalue weighted by Gasteiger charge is 2.17. The third-order valence-corrected chi connectivity index (χ3v) is 4.37. The highest BCUT2D eigenvalue weighted by Crippen LogP contribution is 2.14. The van der Waals surface area contributed by atoms with Crippen molar-refractivity contribution in [1.82, 2.24) is 25.3 Å². The van der Waals surface area contributed by atoms with Gasteiger partial charge >= 0.3 is 0 Å². The fourth-order valence-electron chi connectivity index (χ4n) is 2.18. The van der Waals surface area contributed by atoms with E-state index in [-0.39, 0.29) is 24.4 Å². The number of rotatable bonds is 6. The Labute approximate surface area is 155 Å². The second-order valence-electron chi connectivity index (χ2n) is 5.28. The van der Waals surface area contributed by atoms with Crippen molar-refractivity contribution in [1.29, 1.82) is 0 Å². The summed E-state index contributed by atoms with van der Waals surface area (Å²) < 4.78 is 1.68. The van der Waals surface area contributed by atoms with Crippen molar-refractivity contribution < 1.29 is 4.79 Å². The Kier molecular flexibility index (Phi) is 6.63. The first kappa shape index (κ1) is 19.0. The topological polar surface area (TPSA) is 98.7 Å². The first-order chi connectivity index (χ1) is 11.7. The van der Waals surface area contributed by atoms with E-state index in [0.29, 0.717) is 24.4 Å². The first-order valence-electron chi connectivity index (χ1n) is 7.60. The van der Waals surface area contributed by atoms with Gasteiger partial charge in [-0.25, -0.2) is 9.67 Å². The van der Waals surface area contributed by atoms with E-state index in [0.717, 1.165) is 10.7 Å². The molecule has 2 heterocycles. The fourth-order valence-corrected chi connectivity index (χ4v) is 2.97. The molecule has 0 saturated heterocycles. The van der Waals surface area contributed by atoms with Gasteiger partial charge in [-0.1, -0.05) is 23.4 Å². The number of carbonyl (C=O) groups excluding carboxylic acids is 1. The van der Waals surface area contributed by atoms with Gasteiger partial charge in [0.05, 0.1) is 22.9 Å². The lowest BCUT2D eigenvalue weighted by Crippen LogP contribution is -2.27. The highest BCUT2D eigenvalue weighted by atomic mass is 35.5. The minimum atomic E-state index is -0.269. The van der Waals surface area contributed by atoms with E-state index in [2.05, 4.69) is 20.6 Å². The van der Waals surface area contributed by atoms with Gasteiger partial charge in [0.25, 0.3) is 5.91 Å². The molecule has 3 rings (SSSR count). The zero-order valence-electron chi connectivity index (χ0n) is 13.6. The third kappa shape index (κ3) is 4.62. The van der Waals surface area contributed by atoms with Crippen molar-refractivity contribution in [3.05, 3.63) is 58.3 Å². The van der Waals surface area contributed by atoms with Crippen molar-refractivity contribution in [3.8, 4) is 5.69 Å². The van der Waals surface area contributed by atoms with Gasteiger partial charge in [-0.2, -0.15) is 0 Å². The summed E-state index contributed by atoms with van der Waals surface area (Å²) in [6.45, 7) is 2.39. The molecule has 0 radical (unpaired) electrons. The maximum absolute atomic E-state index is 12.3. The van der Waals surface area contributed by atoms with Crippen LogP contribution in [0.4, 0.5) is 0 Å². The number of nitrogens with two attached hydrogens (primary N) is 1. The Morgan fingerprint density at radius 3 is 2.84 bits per heavy atom. The molecular weight excluding hydrogens is 360 g/mol. The average molecular weight is 379 g/mol. The largest absolute Gasteiger partial charge is 0.342 e. The van der Waals surface area contributed by atoms with Gasteiger partial charge in [-0.15, -0.1) is 28.8 Å². The molecule has 9 heteroatoms. The van der Waals surface area contributed by atoms with Crippen LogP contribution in [0.2, 0.25) is 0 Å². The van der Waals surface area contributed by atoms with Gasteiger partial charge in [0.2, 0.25) is 0 Å². The molecule has 1 aromatic carbocycles. The molecule has 1 amide bonds. The Bertz CT molecular complexity index is 819. The Morgan fingerprint density at radius 2 is 2.12 bits per heavy atom. The number of nitrogens with zero attached hydrogens (tertiary/aromatic N) is 4. The number of amides is 1. The van der Waals surface area contributed by atoms with Crippen LogP contribution in [0.25, 0.3) is 5.69 Å². The van der Waals surface area contributed by atoms with Crippen molar-refractivity contribution in [3.63, 3.8) is 0 Å². The van der Waals surface area contributed by atoms with Crippen LogP contribution in [0.15, 0.2) is 41.9 Å². The van der Waals surface area contributed by atoms with E-state index >= 15 is 0 Å². The quantitative estimate of drug-likeness (QED) is 0.684. The van der Waals surface area contributed by atoms with Gasteiger partial charge < -0.3 is 11.1 Å². The van der Waals surface area contributed by atoms with Gasteiger partial charge in [-0.05, 0) is 25.6 Å². The molecule has 2 aromatic heterocycles. The lowest BCUT2D eigenvalue weighted by molar-refractivity contribution is 0.0934. The number of hydrogen-bond donors (Lipinski definition) is 2. The monoisotopic (exact) mass is 378 g/mol. The van der Waals surface area contributed by atoms with E-state index < -0.39 is 0 Å². The lowest BCUT2D eigenvalue weighted by atomic mass is 10.2. The first-order valence-corrected chi connectivity index (χ1v) is 8.48. The van der Waals surface area contributed by atoms with Crippen molar-refractivity contribution >= 4 is 29.7 Å². The fraction of sp³-hybridized carbons (Fsp3) is 0.250. The van der Waals surface area contributed by atoms with Crippen molar-refractivity contribution in [2.75, 3.05) is 6.54 Å². The molecule has 1 atom stereocenters. The van der Waals surface area contributed by atoms with Crippen LogP contribution in [0, 0.1) is 0 Å². The Hall–Kier alpha value is -2.29. The normalized spacial score (nSPS) is 11.6. The summed E-state index contributed by atoms with van der Waals surface area (Å²) >= 11 is 1.44. The number of para-hydroxylation sites is 1. The van der Waals surface area contributed by atoms with E-state index in [1.807, 2.05) is 37.3 Å². The molecule has 0 bridgehead atoms. The molecule has 0 saturated carbocycles. The zero-order valence-corrected chi connectivity index (χ0v) is 15.3. The van der Waals surface area contributed by atoms with Crippen LogP contribution in [-0.4, -0.2) is 32.4 Å². The number of thiazole rings is 1. The van der Waals surface area contributed by atoms with Crippen molar-refractivity contribution in [2.45, 2.75) is 19.4 Å². The van der Waals surface area contributed by atoms with E-state index in [9.17, 15) is 4.79 Å². The molecule has 1 unspecified atom stereocenters. The van der Waals surface area contributed by atoms with Crippen LogP contribution in [0.5, 0.6) is 0 Å².